The first-order valence-electron chi connectivity index (χ1n) is 2.33. The molecule has 46 valence electrons. The molecule has 0 fully saturated rings. The van der Waals surface area contributed by atoms with Crippen molar-refractivity contribution in [2.45, 2.75) is 0 Å². The maximum Gasteiger partial charge on any atom is 0.160 e. The summed E-state index contributed by atoms with van der Waals surface area (Å²) in [5.74, 6) is 0. The second-order valence-electron chi connectivity index (χ2n) is 1.59. The maximum atomic E-state index is 5.49. The lowest BCUT2D eigenvalue weighted by molar-refractivity contribution is 1.21. The molecule has 0 aliphatic carbocycles. The van der Waals surface area contributed by atoms with E-state index in [0.717, 1.165) is 14.5 Å². The Balaban J connectivity index is 2.92. The van der Waals surface area contributed by atoms with Crippen LogP contribution in [0, 0.1) is 0 Å². The van der Waals surface area contributed by atoms with Gasteiger partial charge in [0.2, 0.25) is 0 Å². The van der Waals surface area contributed by atoms with E-state index in [9.17, 15) is 0 Å². The summed E-state index contributed by atoms with van der Waals surface area (Å²) >= 11 is 2.85. The lowest BCUT2D eigenvalue weighted by Gasteiger charge is -1.71. The molecule has 2 heterocycles. The van der Waals surface area contributed by atoms with Crippen molar-refractivity contribution in [3.63, 3.8) is 0 Å². The van der Waals surface area contributed by atoms with Crippen LogP contribution in [0.3, 0.4) is 0 Å². The van der Waals surface area contributed by atoms with Gasteiger partial charge in [0.05, 0.1) is 9.70 Å². The second kappa shape index (κ2) is 1.65. The van der Waals surface area contributed by atoms with Gasteiger partial charge in [-0.1, -0.05) is 15.8 Å². The zero-order chi connectivity index (χ0) is 6.27. The van der Waals surface area contributed by atoms with Crippen molar-refractivity contribution in [2.75, 3.05) is 5.73 Å². The number of hydrogen-bond acceptors (Lipinski definition) is 5. The lowest BCUT2D eigenvalue weighted by atomic mass is 10.6. The van der Waals surface area contributed by atoms with E-state index in [-0.39, 0.29) is 0 Å². The van der Waals surface area contributed by atoms with Crippen LogP contribution in [-0.2, 0) is 0 Å². The van der Waals surface area contributed by atoms with Gasteiger partial charge in [0, 0.05) is 0 Å². The van der Waals surface area contributed by atoms with Gasteiger partial charge in [-0.3, -0.25) is 0 Å². The minimum Gasteiger partial charge on any atom is -0.390 e. The monoisotopic (exact) mass is 157 g/mol. The van der Waals surface area contributed by atoms with E-state index >= 15 is 0 Å². The summed E-state index contributed by atoms with van der Waals surface area (Å²) in [6.45, 7) is 0. The molecular formula is C4H3N3S2. The predicted octanol–water partition coefficient (Wildman–Crippen LogP) is 1.33. The first kappa shape index (κ1) is 5.13. The van der Waals surface area contributed by atoms with Gasteiger partial charge in [0.25, 0.3) is 0 Å². The SMILES string of the molecule is Nc1cc2snnc2s1. The van der Waals surface area contributed by atoms with Gasteiger partial charge in [0.1, 0.15) is 0 Å². The first-order valence-corrected chi connectivity index (χ1v) is 3.92. The lowest BCUT2D eigenvalue weighted by Crippen LogP contribution is -1.73. The first-order chi connectivity index (χ1) is 4.36. The van der Waals surface area contributed by atoms with E-state index in [1.54, 1.807) is 0 Å². The fourth-order valence-electron chi connectivity index (χ4n) is 0.619. The average molecular weight is 157 g/mol. The molecule has 3 nitrogen and oxygen atoms in total. The molecule has 0 bridgehead atoms. The van der Waals surface area contributed by atoms with E-state index in [1.807, 2.05) is 6.07 Å². The third kappa shape index (κ3) is 0.691. The van der Waals surface area contributed by atoms with Crippen LogP contribution in [0.2, 0.25) is 0 Å². The van der Waals surface area contributed by atoms with Gasteiger partial charge < -0.3 is 5.73 Å². The van der Waals surface area contributed by atoms with Crippen LogP contribution >= 0.6 is 22.9 Å². The zero-order valence-electron chi connectivity index (χ0n) is 4.37. The molecule has 0 aromatic carbocycles. The van der Waals surface area contributed by atoms with Crippen molar-refractivity contribution >= 4 is 37.4 Å². The summed E-state index contributed by atoms with van der Waals surface area (Å²) in [6.07, 6.45) is 0. The Kier molecular flexibility index (Phi) is 0.940. The average Bonchev–Trinajstić information content (AvgIpc) is 2.22. The largest absolute Gasteiger partial charge is 0.390 e. The predicted molar refractivity (Wildman–Crippen MR) is 39.7 cm³/mol. The molecule has 0 atom stereocenters. The fourth-order valence-corrected chi connectivity index (χ4v) is 2.13. The number of hydrogen-bond donors (Lipinski definition) is 1. The summed E-state index contributed by atoms with van der Waals surface area (Å²) < 4.78 is 4.83. The van der Waals surface area contributed by atoms with Crippen molar-refractivity contribution in [2.24, 2.45) is 0 Å². The number of thiophene rings is 1. The number of nitrogens with zero attached hydrogens (tertiary/aromatic N) is 2. The fraction of sp³-hybridized carbons (Fsp3) is 0. The van der Waals surface area contributed by atoms with Gasteiger partial charge in [0.15, 0.2) is 4.83 Å². The molecule has 0 unspecified atom stereocenters. The minimum absolute atomic E-state index is 0.811. The number of rotatable bonds is 0. The van der Waals surface area contributed by atoms with Crippen molar-refractivity contribution in [3.8, 4) is 0 Å². The Bertz CT molecular complexity index is 295. The quantitative estimate of drug-likeness (QED) is 0.627. The van der Waals surface area contributed by atoms with Crippen LogP contribution in [-0.4, -0.2) is 9.59 Å². The third-order valence-electron chi connectivity index (χ3n) is 0.969. The zero-order valence-corrected chi connectivity index (χ0v) is 6.00. The minimum atomic E-state index is 0.811. The molecule has 0 radical (unpaired) electrons. The van der Waals surface area contributed by atoms with E-state index in [2.05, 4.69) is 9.59 Å². The summed E-state index contributed by atoms with van der Waals surface area (Å²) in [7, 11) is 0. The number of nitrogens with two attached hydrogens (primary N) is 1. The molecule has 0 spiro atoms. The van der Waals surface area contributed by atoms with E-state index < -0.39 is 0 Å². The normalized spacial score (nSPS) is 10.7. The smallest absolute Gasteiger partial charge is 0.160 e. The number of nitrogen functional groups attached to an aromatic ring is 1. The van der Waals surface area contributed by atoms with Gasteiger partial charge >= 0.3 is 0 Å². The Morgan fingerprint density at radius 3 is 3.22 bits per heavy atom. The van der Waals surface area contributed by atoms with E-state index in [1.165, 1.54) is 22.9 Å². The van der Waals surface area contributed by atoms with Gasteiger partial charge in [-0.25, -0.2) is 0 Å². The van der Waals surface area contributed by atoms with E-state index in [4.69, 9.17) is 5.73 Å². The van der Waals surface area contributed by atoms with Crippen LogP contribution in [0.15, 0.2) is 6.07 Å². The van der Waals surface area contributed by atoms with E-state index in [0.29, 0.717) is 0 Å². The van der Waals surface area contributed by atoms with Gasteiger partial charge in [-0.05, 0) is 17.6 Å². The maximum absolute atomic E-state index is 5.49. The van der Waals surface area contributed by atoms with Gasteiger partial charge in [-0.2, -0.15) is 0 Å². The highest BCUT2D eigenvalue weighted by Gasteiger charge is 2.00. The summed E-state index contributed by atoms with van der Waals surface area (Å²) in [4.78, 5) is 0.942. The molecule has 0 saturated heterocycles. The standard InChI is InChI=1S/C4H3N3S2/c5-3-1-2-4(8-3)6-7-9-2/h1H,5H2. The van der Waals surface area contributed by atoms with Crippen LogP contribution in [0.5, 0.6) is 0 Å². The molecule has 2 aromatic rings. The molecule has 0 amide bonds. The third-order valence-corrected chi connectivity index (χ3v) is 2.62. The van der Waals surface area contributed by atoms with Crippen LogP contribution < -0.4 is 5.73 Å². The molecule has 0 saturated carbocycles. The Morgan fingerprint density at radius 2 is 2.44 bits per heavy atom. The highest BCUT2D eigenvalue weighted by molar-refractivity contribution is 7.27. The van der Waals surface area contributed by atoms with Crippen LogP contribution in [0.1, 0.15) is 0 Å². The highest BCUT2D eigenvalue weighted by atomic mass is 32.1. The van der Waals surface area contributed by atoms with Crippen molar-refractivity contribution in [3.05, 3.63) is 6.07 Å². The highest BCUT2D eigenvalue weighted by Crippen LogP contribution is 2.27. The summed E-state index contributed by atoms with van der Waals surface area (Å²) in [5.41, 5.74) is 5.49. The Morgan fingerprint density at radius 1 is 1.56 bits per heavy atom. The molecular weight excluding hydrogens is 154 g/mol. The molecule has 5 heteroatoms. The van der Waals surface area contributed by atoms with Crippen molar-refractivity contribution < 1.29 is 0 Å². The van der Waals surface area contributed by atoms with Crippen molar-refractivity contribution in [1.82, 2.24) is 9.59 Å². The number of aromatic nitrogens is 2. The molecule has 2 N–H and O–H groups in total. The Hall–Kier alpha value is -0.680. The second-order valence-corrected chi connectivity index (χ2v) is 3.44. The van der Waals surface area contributed by atoms with Crippen LogP contribution in [0.4, 0.5) is 5.00 Å². The Labute approximate surface area is 59.3 Å². The van der Waals surface area contributed by atoms with Crippen molar-refractivity contribution in [1.29, 1.82) is 0 Å². The molecule has 2 aromatic heterocycles. The van der Waals surface area contributed by atoms with Crippen LogP contribution in [0.25, 0.3) is 9.53 Å². The molecule has 9 heavy (non-hydrogen) atoms. The summed E-state index contributed by atoms with van der Waals surface area (Å²) in [5, 5.41) is 4.66. The number of anilines is 1. The molecule has 0 aliphatic rings. The molecule has 2 rings (SSSR count). The topological polar surface area (TPSA) is 51.8 Å². The van der Waals surface area contributed by atoms with Gasteiger partial charge in [-0.15, -0.1) is 5.10 Å². The molecule has 0 aliphatic heterocycles. The number of fused-ring (bicyclic) bond motifs is 1. The summed E-state index contributed by atoms with van der Waals surface area (Å²) in [6, 6.07) is 1.89.